The quantitative estimate of drug-likeness (QED) is 0.646. The molecule has 0 unspecified atom stereocenters. The number of amides is 1. The van der Waals surface area contributed by atoms with E-state index in [0.717, 1.165) is 0 Å². The number of ether oxygens (including phenoxy) is 1. The molecule has 0 radical (unpaired) electrons. The summed E-state index contributed by atoms with van der Waals surface area (Å²) in [4.78, 5) is 23.8. The van der Waals surface area contributed by atoms with Gasteiger partial charge >= 0.3 is 5.97 Å². The van der Waals surface area contributed by atoms with E-state index in [0.29, 0.717) is 12.0 Å². The average Bonchev–Trinajstić information content (AvgIpc) is 3.13. The van der Waals surface area contributed by atoms with Gasteiger partial charge in [0, 0.05) is 11.5 Å². The number of hydrogen-bond donors (Lipinski definition) is 1. The van der Waals surface area contributed by atoms with Gasteiger partial charge in [-0.2, -0.15) is 0 Å². The lowest BCUT2D eigenvalue weighted by Gasteiger charge is -2.16. The average molecular weight is 245 g/mol. The Morgan fingerprint density at radius 1 is 1.44 bits per heavy atom. The monoisotopic (exact) mass is 245 g/mol. The van der Waals surface area contributed by atoms with Crippen LogP contribution in [0.1, 0.15) is 16.8 Å². The molecule has 0 aromatic heterocycles. The number of nitrogens with one attached hydrogen (secondary N) is 1. The molecular formula is C14H15NO3. The van der Waals surface area contributed by atoms with E-state index >= 15 is 0 Å². The van der Waals surface area contributed by atoms with E-state index in [1.54, 1.807) is 30.3 Å². The molecular weight excluding hydrogens is 230 g/mol. The van der Waals surface area contributed by atoms with Gasteiger partial charge in [-0.15, -0.1) is 6.58 Å². The topological polar surface area (TPSA) is 55.4 Å². The third-order valence-corrected chi connectivity index (χ3v) is 3.22. The SMILES string of the molecule is C=C[C@@H]1C[C@@]1(NC(=O)c1ccccc1)C(=O)OC. The minimum absolute atomic E-state index is 0.0578. The van der Waals surface area contributed by atoms with Crippen molar-refractivity contribution in [3.8, 4) is 0 Å². The van der Waals surface area contributed by atoms with E-state index in [-0.39, 0.29) is 11.8 Å². The molecule has 4 nitrogen and oxygen atoms in total. The molecule has 0 heterocycles. The minimum atomic E-state index is -0.927. The molecule has 1 saturated carbocycles. The molecule has 1 aromatic carbocycles. The van der Waals surface area contributed by atoms with Crippen molar-refractivity contribution in [1.82, 2.24) is 5.32 Å². The van der Waals surface area contributed by atoms with Crippen LogP contribution < -0.4 is 5.32 Å². The Balaban J connectivity index is 2.15. The molecule has 4 heteroatoms. The van der Waals surface area contributed by atoms with Crippen molar-refractivity contribution in [2.75, 3.05) is 7.11 Å². The van der Waals surface area contributed by atoms with Gasteiger partial charge in [0.2, 0.25) is 0 Å². The first-order valence-electron chi connectivity index (χ1n) is 5.72. The first-order valence-corrected chi connectivity index (χ1v) is 5.72. The third-order valence-electron chi connectivity index (χ3n) is 3.22. The molecule has 2 rings (SSSR count). The lowest BCUT2D eigenvalue weighted by Crippen LogP contribution is -2.45. The largest absolute Gasteiger partial charge is 0.467 e. The van der Waals surface area contributed by atoms with Crippen molar-refractivity contribution < 1.29 is 14.3 Å². The molecule has 0 spiro atoms. The summed E-state index contributed by atoms with van der Waals surface area (Å²) in [5.41, 5.74) is -0.404. The number of methoxy groups -OCH3 is 1. The molecule has 94 valence electrons. The van der Waals surface area contributed by atoms with E-state index < -0.39 is 11.5 Å². The van der Waals surface area contributed by atoms with Crippen LogP contribution in [-0.2, 0) is 9.53 Å². The van der Waals surface area contributed by atoms with Crippen molar-refractivity contribution in [1.29, 1.82) is 0 Å². The van der Waals surface area contributed by atoms with Gasteiger partial charge in [-0.05, 0) is 18.6 Å². The highest BCUT2D eigenvalue weighted by molar-refractivity contribution is 5.99. The summed E-state index contributed by atoms with van der Waals surface area (Å²) in [6, 6.07) is 8.78. The van der Waals surface area contributed by atoms with Crippen molar-refractivity contribution in [2.24, 2.45) is 5.92 Å². The molecule has 18 heavy (non-hydrogen) atoms. The van der Waals surface area contributed by atoms with Crippen LogP contribution in [-0.4, -0.2) is 24.5 Å². The fraction of sp³-hybridized carbons (Fsp3) is 0.286. The van der Waals surface area contributed by atoms with Crippen LogP contribution >= 0.6 is 0 Å². The van der Waals surface area contributed by atoms with E-state index in [1.165, 1.54) is 7.11 Å². The van der Waals surface area contributed by atoms with Gasteiger partial charge in [-0.25, -0.2) is 4.79 Å². The van der Waals surface area contributed by atoms with Crippen LogP contribution in [0, 0.1) is 5.92 Å². The molecule has 2 atom stereocenters. The smallest absolute Gasteiger partial charge is 0.332 e. The third kappa shape index (κ3) is 2.01. The molecule has 1 amide bonds. The Bertz CT molecular complexity index is 483. The Morgan fingerprint density at radius 2 is 2.11 bits per heavy atom. The van der Waals surface area contributed by atoms with Crippen LogP contribution in [0.3, 0.4) is 0 Å². The second-order valence-corrected chi connectivity index (χ2v) is 4.33. The predicted octanol–water partition coefficient (Wildman–Crippen LogP) is 1.53. The van der Waals surface area contributed by atoms with Crippen LogP contribution in [0.25, 0.3) is 0 Å². The zero-order chi connectivity index (χ0) is 13.2. The molecule has 1 aliphatic carbocycles. The Morgan fingerprint density at radius 3 is 2.61 bits per heavy atom. The number of hydrogen-bond acceptors (Lipinski definition) is 3. The lowest BCUT2D eigenvalue weighted by atomic mass is 10.1. The number of rotatable bonds is 4. The van der Waals surface area contributed by atoms with E-state index in [2.05, 4.69) is 11.9 Å². The van der Waals surface area contributed by atoms with Gasteiger partial charge in [0.25, 0.3) is 5.91 Å². The predicted molar refractivity (Wildman–Crippen MR) is 67.0 cm³/mol. The Hall–Kier alpha value is -2.10. The van der Waals surface area contributed by atoms with Crippen LogP contribution in [0.5, 0.6) is 0 Å². The first kappa shape index (κ1) is 12.4. The minimum Gasteiger partial charge on any atom is -0.467 e. The number of benzene rings is 1. The van der Waals surface area contributed by atoms with Gasteiger partial charge in [0.15, 0.2) is 0 Å². The number of esters is 1. The highest BCUT2D eigenvalue weighted by atomic mass is 16.5. The normalized spacial score (nSPS) is 25.1. The first-order chi connectivity index (χ1) is 8.64. The Kier molecular flexibility index (Phi) is 3.19. The fourth-order valence-electron chi connectivity index (χ4n) is 2.05. The van der Waals surface area contributed by atoms with Gasteiger partial charge in [-0.1, -0.05) is 24.3 Å². The second kappa shape index (κ2) is 4.64. The lowest BCUT2D eigenvalue weighted by molar-refractivity contribution is -0.144. The zero-order valence-corrected chi connectivity index (χ0v) is 10.2. The number of carbonyl (C=O) groups excluding carboxylic acids is 2. The summed E-state index contributed by atoms with van der Waals surface area (Å²) < 4.78 is 4.74. The molecule has 1 aromatic rings. The molecule has 0 aliphatic heterocycles. The standard InChI is InChI=1S/C14H15NO3/c1-3-11-9-14(11,13(17)18-2)15-12(16)10-7-5-4-6-8-10/h3-8,11H,1,9H2,2H3,(H,15,16)/t11-,14+/m1/s1. The van der Waals surface area contributed by atoms with Crippen LogP contribution in [0.4, 0.5) is 0 Å². The summed E-state index contributed by atoms with van der Waals surface area (Å²) in [7, 11) is 1.32. The summed E-state index contributed by atoms with van der Waals surface area (Å²) in [6.45, 7) is 3.66. The highest BCUT2D eigenvalue weighted by Gasteiger charge is 2.60. The molecule has 0 saturated heterocycles. The van der Waals surface area contributed by atoms with E-state index in [4.69, 9.17) is 4.74 Å². The molecule has 1 fully saturated rings. The maximum absolute atomic E-state index is 12.0. The maximum atomic E-state index is 12.0. The van der Waals surface area contributed by atoms with Gasteiger partial charge in [-0.3, -0.25) is 4.79 Å². The van der Waals surface area contributed by atoms with Crippen molar-refractivity contribution in [2.45, 2.75) is 12.0 Å². The molecule has 1 N–H and O–H groups in total. The van der Waals surface area contributed by atoms with Crippen molar-refractivity contribution in [3.05, 3.63) is 48.6 Å². The van der Waals surface area contributed by atoms with Crippen LogP contribution in [0.2, 0.25) is 0 Å². The second-order valence-electron chi connectivity index (χ2n) is 4.33. The molecule has 0 bridgehead atoms. The summed E-state index contributed by atoms with van der Waals surface area (Å²) in [5.74, 6) is -0.750. The van der Waals surface area contributed by atoms with Crippen molar-refractivity contribution >= 4 is 11.9 Å². The van der Waals surface area contributed by atoms with Gasteiger partial charge in [0.05, 0.1) is 7.11 Å². The van der Waals surface area contributed by atoms with Gasteiger partial charge < -0.3 is 10.1 Å². The van der Waals surface area contributed by atoms with Crippen molar-refractivity contribution in [3.63, 3.8) is 0 Å². The van der Waals surface area contributed by atoms with E-state index in [1.807, 2.05) is 6.07 Å². The summed E-state index contributed by atoms with van der Waals surface area (Å²) >= 11 is 0. The number of carbonyl (C=O) groups is 2. The molecule has 1 aliphatic rings. The van der Waals surface area contributed by atoms with E-state index in [9.17, 15) is 9.59 Å². The Labute approximate surface area is 106 Å². The fourth-order valence-corrected chi connectivity index (χ4v) is 2.05. The summed E-state index contributed by atoms with van der Waals surface area (Å²) in [6.07, 6.45) is 2.21. The van der Waals surface area contributed by atoms with Crippen LogP contribution in [0.15, 0.2) is 43.0 Å². The highest BCUT2D eigenvalue weighted by Crippen LogP contribution is 2.45. The summed E-state index contributed by atoms with van der Waals surface area (Å²) in [5, 5.41) is 2.75. The van der Waals surface area contributed by atoms with Gasteiger partial charge in [0.1, 0.15) is 5.54 Å². The maximum Gasteiger partial charge on any atom is 0.332 e. The zero-order valence-electron chi connectivity index (χ0n) is 10.2.